The van der Waals surface area contributed by atoms with E-state index in [9.17, 15) is 20.1 Å². The highest BCUT2D eigenvalue weighted by atomic mass is 16.3. The monoisotopic (exact) mass is 430 g/mol. The molecule has 4 rings (SSSR count). The Hall–Kier alpha value is -0.970. The van der Waals surface area contributed by atoms with Crippen LogP contribution in [0.25, 0.3) is 0 Å². The van der Waals surface area contributed by atoms with Crippen molar-refractivity contribution >= 4 is 5.78 Å². The van der Waals surface area contributed by atoms with Crippen LogP contribution in [0, 0.1) is 46.3 Å². The zero-order valence-corrected chi connectivity index (χ0v) is 19.8. The average molecular weight is 431 g/mol. The summed E-state index contributed by atoms with van der Waals surface area (Å²) in [4.78, 5) is 12.0. The second kappa shape index (κ2) is 8.11. The van der Waals surface area contributed by atoms with Crippen LogP contribution in [0.2, 0.25) is 0 Å². The van der Waals surface area contributed by atoms with Crippen molar-refractivity contribution < 1.29 is 20.1 Å². The molecular formula is C27H42O4. The Labute approximate surface area is 187 Å². The molecule has 4 aliphatic carbocycles. The fourth-order valence-electron chi connectivity index (χ4n) is 8.40. The molecule has 4 nitrogen and oxygen atoms in total. The minimum absolute atomic E-state index is 0.0191. The number of fused-ring (bicyclic) bond motifs is 5. The first kappa shape index (κ1) is 23.2. The van der Waals surface area contributed by atoms with Gasteiger partial charge >= 0.3 is 0 Å². The standard InChI is InChI=1S/C27H42O4/c1-17(2)6-5-11-26(4,31)24-23(30)15-22-20-8-7-18-14-19(29)9-12-25(18,3)21(20)10-13-27(22,24)16-28/h5,9,11-12,17-18,20-24,28,30-31H,6-8,10,13-16H2,1-4H3/b11-5+/t18?,20-,21+,22+,23+,24-,25+,26+,27-/m1/s1. The Balaban J connectivity index is 1.65. The maximum atomic E-state index is 12.0. The van der Waals surface area contributed by atoms with Crippen LogP contribution >= 0.6 is 0 Å². The minimum atomic E-state index is -1.14. The summed E-state index contributed by atoms with van der Waals surface area (Å²) >= 11 is 0. The van der Waals surface area contributed by atoms with Gasteiger partial charge in [0.15, 0.2) is 5.78 Å². The molecule has 0 saturated heterocycles. The van der Waals surface area contributed by atoms with Gasteiger partial charge in [0, 0.05) is 24.4 Å². The third-order valence-corrected chi connectivity index (χ3v) is 9.78. The van der Waals surface area contributed by atoms with Crippen molar-refractivity contribution in [3.8, 4) is 0 Å². The fourth-order valence-corrected chi connectivity index (χ4v) is 8.40. The van der Waals surface area contributed by atoms with Gasteiger partial charge in [0.25, 0.3) is 0 Å². The molecule has 0 aliphatic heterocycles. The van der Waals surface area contributed by atoms with Crippen molar-refractivity contribution in [1.82, 2.24) is 0 Å². The number of aliphatic hydroxyl groups is 3. The van der Waals surface area contributed by atoms with E-state index in [1.54, 1.807) is 6.08 Å². The van der Waals surface area contributed by atoms with E-state index in [1.807, 2.05) is 19.1 Å². The Morgan fingerprint density at radius 3 is 2.68 bits per heavy atom. The molecule has 4 heteroatoms. The number of hydrogen-bond donors (Lipinski definition) is 3. The van der Waals surface area contributed by atoms with E-state index in [2.05, 4.69) is 26.8 Å². The SMILES string of the molecule is CC(C)C/C=C/[C@](C)(O)[C@H]1[C@@H](O)C[C@H]2[C@@H]3CCC4CC(=O)C=C[C@]4(C)[C@H]3CC[C@@]21CO. The normalized spacial score (nSPS) is 46.6. The van der Waals surface area contributed by atoms with E-state index in [4.69, 9.17) is 0 Å². The van der Waals surface area contributed by atoms with Gasteiger partial charge in [-0.15, -0.1) is 0 Å². The Morgan fingerprint density at radius 2 is 2.00 bits per heavy atom. The van der Waals surface area contributed by atoms with Gasteiger partial charge < -0.3 is 15.3 Å². The molecule has 0 aromatic carbocycles. The lowest BCUT2D eigenvalue weighted by Gasteiger charge is -2.59. The molecule has 174 valence electrons. The number of allylic oxidation sites excluding steroid dienone is 3. The maximum Gasteiger partial charge on any atom is 0.155 e. The molecule has 31 heavy (non-hydrogen) atoms. The van der Waals surface area contributed by atoms with E-state index in [0.29, 0.717) is 36.5 Å². The second-order valence-corrected chi connectivity index (χ2v) is 12.0. The van der Waals surface area contributed by atoms with Gasteiger partial charge in [-0.05, 0) is 86.5 Å². The molecule has 0 radical (unpaired) electrons. The van der Waals surface area contributed by atoms with Gasteiger partial charge in [-0.2, -0.15) is 0 Å². The molecule has 0 spiro atoms. The first-order chi connectivity index (χ1) is 14.5. The highest BCUT2D eigenvalue weighted by Crippen LogP contribution is 2.67. The van der Waals surface area contributed by atoms with Gasteiger partial charge in [0.05, 0.1) is 11.7 Å². The van der Waals surface area contributed by atoms with Crippen molar-refractivity contribution in [1.29, 1.82) is 0 Å². The maximum absolute atomic E-state index is 12.0. The number of hydrogen-bond acceptors (Lipinski definition) is 4. The van der Waals surface area contributed by atoms with Gasteiger partial charge in [-0.25, -0.2) is 0 Å². The minimum Gasteiger partial charge on any atom is -0.396 e. The van der Waals surface area contributed by atoms with Crippen LogP contribution in [0.1, 0.15) is 72.6 Å². The third-order valence-electron chi connectivity index (χ3n) is 9.78. The summed E-state index contributed by atoms with van der Waals surface area (Å²) in [6.45, 7) is 8.47. The summed E-state index contributed by atoms with van der Waals surface area (Å²) in [6, 6.07) is 0. The molecule has 0 bridgehead atoms. The lowest BCUT2D eigenvalue weighted by molar-refractivity contribution is -0.142. The Bertz CT molecular complexity index is 752. The quantitative estimate of drug-likeness (QED) is 0.569. The second-order valence-electron chi connectivity index (χ2n) is 12.0. The van der Waals surface area contributed by atoms with Crippen LogP contribution in [0.15, 0.2) is 24.3 Å². The lowest BCUT2D eigenvalue weighted by atomic mass is 9.45. The van der Waals surface area contributed by atoms with Crippen molar-refractivity contribution in [3.05, 3.63) is 24.3 Å². The zero-order valence-electron chi connectivity index (χ0n) is 19.8. The molecule has 0 amide bonds. The van der Waals surface area contributed by atoms with Crippen LogP contribution in [0.3, 0.4) is 0 Å². The van der Waals surface area contributed by atoms with Crippen LogP contribution in [-0.4, -0.2) is 39.4 Å². The molecule has 1 unspecified atom stereocenters. The van der Waals surface area contributed by atoms with Crippen molar-refractivity contribution in [2.45, 2.75) is 84.3 Å². The number of aliphatic hydroxyl groups excluding tert-OH is 2. The van der Waals surface area contributed by atoms with Crippen LogP contribution < -0.4 is 0 Å². The molecule has 3 N–H and O–H groups in total. The summed E-state index contributed by atoms with van der Waals surface area (Å²) in [7, 11) is 0. The van der Waals surface area contributed by atoms with Gasteiger partial charge in [-0.1, -0.05) is 39.0 Å². The predicted molar refractivity (Wildman–Crippen MR) is 122 cm³/mol. The van der Waals surface area contributed by atoms with Crippen molar-refractivity contribution in [2.75, 3.05) is 6.61 Å². The van der Waals surface area contributed by atoms with Crippen LogP contribution in [-0.2, 0) is 4.79 Å². The van der Waals surface area contributed by atoms with E-state index in [-0.39, 0.29) is 29.6 Å². The number of carbonyl (C=O) groups is 1. The van der Waals surface area contributed by atoms with E-state index in [0.717, 1.165) is 32.1 Å². The van der Waals surface area contributed by atoms with E-state index >= 15 is 0 Å². The topological polar surface area (TPSA) is 77.8 Å². The number of ketones is 1. The molecule has 0 heterocycles. The lowest BCUT2D eigenvalue weighted by Crippen LogP contribution is -2.57. The summed E-state index contributed by atoms with van der Waals surface area (Å²) in [6.07, 6.45) is 13.4. The van der Waals surface area contributed by atoms with Gasteiger partial charge in [-0.3, -0.25) is 4.79 Å². The Morgan fingerprint density at radius 1 is 1.26 bits per heavy atom. The van der Waals surface area contributed by atoms with Crippen LogP contribution in [0.4, 0.5) is 0 Å². The molecule has 0 aromatic rings. The molecule has 0 aromatic heterocycles. The average Bonchev–Trinajstić information content (AvgIpc) is 3.01. The molecule has 3 saturated carbocycles. The summed E-state index contributed by atoms with van der Waals surface area (Å²) in [5.74, 6) is 1.95. The summed E-state index contributed by atoms with van der Waals surface area (Å²) < 4.78 is 0. The van der Waals surface area contributed by atoms with Gasteiger partial charge in [0.2, 0.25) is 0 Å². The van der Waals surface area contributed by atoms with E-state index in [1.165, 1.54) is 0 Å². The van der Waals surface area contributed by atoms with Crippen molar-refractivity contribution in [3.63, 3.8) is 0 Å². The number of rotatable bonds is 5. The summed E-state index contributed by atoms with van der Waals surface area (Å²) in [5, 5.41) is 33.4. The number of carbonyl (C=O) groups excluding carboxylic acids is 1. The highest BCUT2D eigenvalue weighted by molar-refractivity contribution is 5.91. The molecule has 9 atom stereocenters. The summed E-state index contributed by atoms with van der Waals surface area (Å²) in [5.41, 5.74) is -1.55. The first-order valence-electron chi connectivity index (χ1n) is 12.5. The predicted octanol–water partition coefficient (Wildman–Crippen LogP) is 4.29. The highest BCUT2D eigenvalue weighted by Gasteiger charge is 2.66. The molecule has 4 aliphatic rings. The van der Waals surface area contributed by atoms with Crippen molar-refractivity contribution in [2.24, 2.45) is 46.3 Å². The fraction of sp³-hybridized carbons (Fsp3) is 0.815. The van der Waals surface area contributed by atoms with E-state index < -0.39 is 17.1 Å². The zero-order chi connectivity index (χ0) is 22.6. The Kier molecular flexibility index (Phi) is 6.07. The third kappa shape index (κ3) is 3.67. The van der Waals surface area contributed by atoms with Crippen LogP contribution in [0.5, 0.6) is 0 Å². The van der Waals surface area contributed by atoms with Gasteiger partial charge in [0.1, 0.15) is 0 Å². The molecule has 3 fully saturated rings. The first-order valence-corrected chi connectivity index (χ1v) is 12.5. The molecular weight excluding hydrogens is 388 g/mol. The smallest absolute Gasteiger partial charge is 0.155 e. The largest absolute Gasteiger partial charge is 0.396 e.